The molecule has 0 saturated carbocycles. The number of guanidine groups is 1. The van der Waals surface area contributed by atoms with Gasteiger partial charge in [-0.05, 0) is 24.1 Å². The van der Waals surface area contributed by atoms with Crippen LogP contribution in [-0.4, -0.2) is 24.2 Å². The lowest BCUT2D eigenvalue weighted by Gasteiger charge is -1.94. The van der Waals surface area contributed by atoms with Gasteiger partial charge in [0.2, 0.25) is 5.96 Å². The van der Waals surface area contributed by atoms with Crippen molar-refractivity contribution in [3.8, 4) is 0 Å². The first-order valence-corrected chi connectivity index (χ1v) is 5.13. The van der Waals surface area contributed by atoms with E-state index >= 15 is 0 Å². The van der Waals surface area contributed by atoms with E-state index in [1.807, 2.05) is 24.3 Å². The Balaban J connectivity index is 2.80. The fourth-order valence-corrected chi connectivity index (χ4v) is 1.07. The SMILES string of the molecule is CC(N)=N/N=C/c1cccc(/C=N/N=C(N)N)c1. The molecule has 0 radical (unpaired) electrons. The number of nitrogens with two attached hydrogens (primary N) is 3. The van der Waals surface area contributed by atoms with Crippen LogP contribution in [0.2, 0.25) is 0 Å². The predicted molar refractivity (Wildman–Crippen MR) is 74.7 cm³/mol. The second-order valence-corrected chi connectivity index (χ2v) is 3.43. The van der Waals surface area contributed by atoms with Gasteiger partial charge in [0.15, 0.2) is 0 Å². The molecule has 7 nitrogen and oxygen atoms in total. The van der Waals surface area contributed by atoms with Gasteiger partial charge in [-0.1, -0.05) is 18.2 Å². The Morgan fingerprint density at radius 3 is 2.06 bits per heavy atom. The molecule has 0 saturated heterocycles. The van der Waals surface area contributed by atoms with Crippen LogP contribution in [0, 0.1) is 0 Å². The highest BCUT2D eigenvalue weighted by atomic mass is 15.3. The summed E-state index contributed by atoms with van der Waals surface area (Å²) in [6.07, 6.45) is 3.13. The van der Waals surface area contributed by atoms with Gasteiger partial charge in [-0.15, -0.1) is 10.2 Å². The van der Waals surface area contributed by atoms with Crippen molar-refractivity contribution < 1.29 is 0 Å². The van der Waals surface area contributed by atoms with Gasteiger partial charge >= 0.3 is 0 Å². The first-order chi connectivity index (χ1) is 8.58. The molecule has 0 spiro atoms. The molecule has 0 atom stereocenters. The smallest absolute Gasteiger partial charge is 0.211 e. The maximum absolute atomic E-state index is 5.36. The Kier molecular flexibility index (Phi) is 5.04. The third-order valence-electron chi connectivity index (χ3n) is 1.71. The third-order valence-corrected chi connectivity index (χ3v) is 1.71. The number of nitrogens with zero attached hydrogens (tertiary/aromatic N) is 4. The number of benzene rings is 1. The highest BCUT2D eigenvalue weighted by Crippen LogP contribution is 2.01. The molecule has 0 aliphatic carbocycles. The fourth-order valence-electron chi connectivity index (χ4n) is 1.07. The molecule has 6 N–H and O–H groups in total. The van der Waals surface area contributed by atoms with Crippen molar-refractivity contribution in [2.24, 2.45) is 37.6 Å². The van der Waals surface area contributed by atoms with Gasteiger partial charge in [0.05, 0.1) is 12.4 Å². The van der Waals surface area contributed by atoms with Gasteiger partial charge in [-0.25, -0.2) is 0 Å². The molecule has 0 heterocycles. The minimum absolute atomic E-state index is 0.0864. The summed E-state index contributed by atoms with van der Waals surface area (Å²) < 4.78 is 0. The lowest BCUT2D eigenvalue weighted by molar-refractivity contribution is 1.21. The van der Waals surface area contributed by atoms with Crippen molar-refractivity contribution >= 4 is 24.2 Å². The fraction of sp³-hybridized carbons (Fsp3) is 0.0909. The quantitative estimate of drug-likeness (QED) is 0.392. The van der Waals surface area contributed by atoms with E-state index in [4.69, 9.17) is 17.2 Å². The number of rotatable bonds is 4. The summed E-state index contributed by atoms with van der Waals surface area (Å²) in [4.78, 5) is 0. The van der Waals surface area contributed by atoms with E-state index in [9.17, 15) is 0 Å². The van der Waals surface area contributed by atoms with E-state index in [1.54, 1.807) is 13.1 Å². The molecule has 94 valence electrons. The first-order valence-electron chi connectivity index (χ1n) is 5.13. The second kappa shape index (κ2) is 6.79. The molecule has 7 heteroatoms. The molecule has 0 fully saturated rings. The molecule has 0 bridgehead atoms. The standard InChI is InChI=1S/C11H15N7/c1-8(12)17-15-6-9-3-2-4-10(5-9)7-16-18-11(13)14/h2-7H,1H3,(H2,12,17)(H4,13,14,18)/b15-6+,16-7+. The molecule has 1 aromatic carbocycles. The molecule has 1 rings (SSSR count). The molecule has 0 aromatic heterocycles. The lowest BCUT2D eigenvalue weighted by Crippen LogP contribution is -2.21. The molecule has 0 aliphatic rings. The summed E-state index contributed by atoms with van der Waals surface area (Å²) in [5.41, 5.74) is 17.4. The summed E-state index contributed by atoms with van der Waals surface area (Å²) in [6.45, 7) is 1.66. The highest BCUT2D eigenvalue weighted by Gasteiger charge is 1.90. The third kappa shape index (κ3) is 5.40. The Bertz CT molecular complexity index is 463. The predicted octanol–water partition coefficient (Wildman–Crippen LogP) is 0.00490. The molecule has 18 heavy (non-hydrogen) atoms. The Hall–Kier alpha value is -2.70. The van der Waals surface area contributed by atoms with Gasteiger partial charge in [-0.3, -0.25) is 0 Å². The van der Waals surface area contributed by atoms with E-state index in [0.717, 1.165) is 11.1 Å². The second-order valence-electron chi connectivity index (χ2n) is 3.43. The van der Waals surface area contributed by atoms with Gasteiger partial charge in [0.1, 0.15) is 5.84 Å². The number of amidine groups is 1. The maximum atomic E-state index is 5.36. The van der Waals surface area contributed by atoms with Crippen LogP contribution in [-0.2, 0) is 0 Å². The highest BCUT2D eigenvalue weighted by molar-refractivity contribution is 5.87. The van der Waals surface area contributed by atoms with Crippen LogP contribution < -0.4 is 17.2 Å². The molecular formula is C11H15N7. The van der Waals surface area contributed by atoms with Crippen molar-refractivity contribution in [1.82, 2.24) is 0 Å². The summed E-state index contributed by atoms with van der Waals surface area (Å²) in [7, 11) is 0. The van der Waals surface area contributed by atoms with Crippen LogP contribution in [0.15, 0.2) is 44.7 Å². The molecular weight excluding hydrogens is 230 g/mol. The molecule has 0 aliphatic heterocycles. The average Bonchev–Trinajstić information content (AvgIpc) is 2.28. The Labute approximate surface area is 105 Å². The normalized spacial score (nSPS) is 12.2. The molecule has 0 unspecified atom stereocenters. The topological polar surface area (TPSA) is 127 Å². The lowest BCUT2D eigenvalue weighted by atomic mass is 10.1. The number of hydrogen-bond acceptors (Lipinski definition) is 4. The van der Waals surface area contributed by atoms with E-state index < -0.39 is 0 Å². The van der Waals surface area contributed by atoms with Crippen LogP contribution >= 0.6 is 0 Å². The van der Waals surface area contributed by atoms with Gasteiger partial charge in [0.25, 0.3) is 0 Å². The summed E-state index contributed by atoms with van der Waals surface area (Å²) in [5, 5.41) is 14.7. The van der Waals surface area contributed by atoms with Crippen LogP contribution in [0.25, 0.3) is 0 Å². The maximum Gasteiger partial charge on any atom is 0.211 e. The van der Waals surface area contributed by atoms with Gasteiger partial charge in [0, 0.05) is 0 Å². The van der Waals surface area contributed by atoms with E-state index in [0.29, 0.717) is 5.84 Å². The van der Waals surface area contributed by atoms with E-state index in [-0.39, 0.29) is 5.96 Å². The molecule has 1 aromatic rings. The van der Waals surface area contributed by atoms with Crippen molar-refractivity contribution in [2.45, 2.75) is 6.92 Å². The zero-order valence-electron chi connectivity index (χ0n) is 9.99. The summed E-state index contributed by atoms with van der Waals surface area (Å²) in [5.74, 6) is 0.313. The zero-order chi connectivity index (χ0) is 13.4. The summed E-state index contributed by atoms with van der Waals surface area (Å²) in [6, 6.07) is 7.46. The van der Waals surface area contributed by atoms with Gasteiger partial charge < -0.3 is 17.2 Å². The van der Waals surface area contributed by atoms with Crippen LogP contribution in [0.4, 0.5) is 0 Å². The van der Waals surface area contributed by atoms with E-state index in [1.165, 1.54) is 6.21 Å². The Morgan fingerprint density at radius 1 is 1.00 bits per heavy atom. The van der Waals surface area contributed by atoms with Crippen molar-refractivity contribution in [1.29, 1.82) is 0 Å². The van der Waals surface area contributed by atoms with Crippen molar-refractivity contribution in [3.05, 3.63) is 35.4 Å². The number of hydrogen-bond donors (Lipinski definition) is 3. The minimum atomic E-state index is -0.0864. The Morgan fingerprint density at radius 2 is 1.56 bits per heavy atom. The zero-order valence-corrected chi connectivity index (χ0v) is 9.99. The monoisotopic (exact) mass is 245 g/mol. The average molecular weight is 245 g/mol. The van der Waals surface area contributed by atoms with Gasteiger partial charge in [-0.2, -0.15) is 10.2 Å². The van der Waals surface area contributed by atoms with Crippen molar-refractivity contribution in [2.75, 3.05) is 0 Å². The van der Waals surface area contributed by atoms with Crippen LogP contribution in [0.1, 0.15) is 18.1 Å². The molecule has 0 amide bonds. The first kappa shape index (κ1) is 13.4. The minimum Gasteiger partial charge on any atom is -0.386 e. The van der Waals surface area contributed by atoms with E-state index in [2.05, 4.69) is 20.4 Å². The summed E-state index contributed by atoms with van der Waals surface area (Å²) >= 11 is 0. The largest absolute Gasteiger partial charge is 0.386 e. The van der Waals surface area contributed by atoms with Crippen LogP contribution in [0.3, 0.4) is 0 Å². The van der Waals surface area contributed by atoms with Crippen LogP contribution in [0.5, 0.6) is 0 Å². The van der Waals surface area contributed by atoms with Crippen molar-refractivity contribution in [3.63, 3.8) is 0 Å².